The number of benzene rings is 1. The zero-order chi connectivity index (χ0) is 20.8. The van der Waals surface area contributed by atoms with Gasteiger partial charge >= 0.3 is 6.18 Å². The molecule has 0 aliphatic heterocycles. The van der Waals surface area contributed by atoms with Crippen LogP contribution in [0.15, 0.2) is 40.6 Å². The quantitative estimate of drug-likeness (QED) is 0.446. The minimum absolute atomic E-state index is 0.0522. The fraction of sp³-hybridized carbons (Fsp3) is 0.167. The molecule has 150 valence electrons. The summed E-state index contributed by atoms with van der Waals surface area (Å²) in [4.78, 5) is 18.8. The van der Waals surface area contributed by atoms with Crippen LogP contribution in [0.4, 0.5) is 17.6 Å². The van der Waals surface area contributed by atoms with E-state index >= 15 is 0 Å². The van der Waals surface area contributed by atoms with Crippen LogP contribution in [0.5, 0.6) is 0 Å². The standard InChI is InChI=1S/C18H11ClF4N4OS/c19-12-2-1-9(7-13(12)20)27-16(25-14(26-27)3-5-18(21,22)23)11-8-24-17(28)10-4-6-29-15(10)11/h1-2,4,6-8H,3,5H2,(H,24,28). The number of alkyl halides is 3. The van der Waals surface area contributed by atoms with Crippen LogP contribution in [0, 0.1) is 5.82 Å². The van der Waals surface area contributed by atoms with E-state index in [1.165, 1.54) is 34.3 Å². The predicted molar refractivity (Wildman–Crippen MR) is 102 cm³/mol. The van der Waals surface area contributed by atoms with Gasteiger partial charge in [0.2, 0.25) is 0 Å². The van der Waals surface area contributed by atoms with Crippen LogP contribution in [0.25, 0.3) is 27.2 Å². The lowest BCUT2D eigenvalue weighted by atomic mass is 10.2. The molecule has 0 amide bonds. The lowest BCUT2D eigenvalue weighted by molar-refractivity contribution is -0.134. The Kier molecular flexibility index (Phi) is 4.91. The van der Waals surface area contributed by atoms with E-state index in [4.69, 9.17) is 11.6 Å². The first-order valence-corrected chi connectivity index (χ1v) is 9.56. The third-order valence-corrected chi connectivity index (χ3v) is 5.43. The number of aromatic amines is 1. The van der Waals surface area contributed by atoms with Crippen molar-refractivity contribution in [3.63, 3.8) is 0 Å². The fourth-order valence-electron chi connectivity index (χ4n) is 2.83. The third-order valence-electron chi connectivity index (χ3n) is 4.17. The van der Waals surface area contributed by atoms with E-state index in [1.807, 2.05) is 0 Å². The normalized spacial score (nSPS) is 12.0. The molecule has 0 saturated heterocycles. The Morgan fingerprint density at radius 3 is 2.76 bits per heavy atom. The number of thiophene rings is 1. The molecule has 0 spiro atoms. The molecule has 29 heavy (non-hydrogen) atoms. The highest BCUT2D eigenvalue weighted by atomic mass is 35.5. The van der Waals surface area contributed by atoms with Crippen molar-refractivity contribution in [3.8, 4) is 17.1 Å². The molecule has 4 rings (SSSR count). The van der Waals surface area contributed by atoms with E-state index in [1.54, 1.807) is 11.4 Å². The minimum atomic E-state index is -4.36. The van der Waals surface area contributed by atoms with Crippen LogP contribution in [0.1, 0.15) is 12.2 Å². The SMILES string of the molecule is O=c1[nH]cc(-c2nc(CCC(F)(F)F)nn2-c2ccc(Cl)c(F)c2)c2sccc12. The van der Waals surface area contributed by atoms with E-state index in [0.717, 1.165) is 6.07 Å². The molecule has 5 nitrogen and oxygen atoms in total. The number of fused-ring (bicyclic) bond motifs is 1. The van der Waals surface area contributed by atoms with Crippen LogP contribution in [-0.2, 0) is 6.42 Å². The highest BCUT2D eigenvalue weighted by molar-refractivity contribution is 7.17. The summed E-state index contributed by atoms with van der Waals surface area (Å²) in [5, 5.41) is 6.19. The van der Waals surface area contributed by atoms with Crippen LogP contribution in [0.3, 0.4) is 0 Å². The number of nitrogens with zero attached hydrogens (tertiary/aromatic N) is 3. The molecule has 0 aliphatic rings. The average Bonchev–Trinajstić information content (AvgIpc) is 3.30. The number of hydrogen-bond donors (Lipinski definition) is 1. The van der Waals surface area contributed by atoms with Crippen LogP contribution in [0.2, 0.25) is 5.02 Å². The molecule has 0 aliphatic carbocycles. The summed E-state index contributed by atoms with van der Waals surface area (Å²) >= 11 is 7.01. The van der Waals surface area contributed by atoms with E-state index in [0.29, 0.717) is 15.6 Å². The van der Waals surface area contributed by atoms with Crippen molar-refractivity contribution < 1.29 is 17.6 Å². The Hall–Kier alpha value is -2.72. The van der Waals surface area contributed by atoms with E-state index in [2.05, 4.69) is 15.1 Å². The maximum Gasteiger partial charge on any atom is 0.389 e. The molecule has 0 fully saturated rings. The summed E-state index contributed by atoms with van der Waals surface area (Å²) in [6, 6.07) is 5.55. The van der Waals surface area contributed by atoms with Gasteiger partial charge in [0, 0.05) is 18.7 Å². The summed E-state index contributed by atoms with van der Waals surface area (Å²) in [7, 11) is 0. The number of pyridine rings is 1. The Morgan fingerprint density at radius 1 is 1.24 bits per heavy atom. The second-order valence-corrected chi connectivity index (χ2v) is 7.50. The number of rotatable bonds is 4. The Balaban J connectivity index is 1.90. The molecular formula is C18H11ClF4N4OS. The third kappa shape index (κ3) is 3.90. The number of aryl methyl sites for hydroxylation is 1. The molecule has 11 heteroatoms. The molecule has 1 aromatic carbocycles. The molecular weight excluding hydrogens is 432 g/mol. The molecule has 0 saturated carbocycles. The van der Waals surface area contributed by atoms with Crippen molar-refractivity contribution in [1.29, 1.82) is 0 Å². The van der Waals surface area contributed by atoms with Crippen molar-refractivity contribution in [2.24, 2.45) is 0 Å². The van der Waals surface area contributed by atoms with Crippen molar-refractivity contribution in [2.45, 2.75) is 19.0 Å². The van der Waals surface area contributed by atoms with Gasteiger partial charge in [0.1, 0.15) is 5.82 Å². The molecule has 0 atom stereocenters. The van der Waals surface area contributed by atoms with Gasteiger partial charge in [0.25, 0.3) is 5.56 Å². The van der Waals surface area contributed by atoms with Gasteiger partial charge < -0.3 is 4.98 Å². The van der Waals surface area contributed by atoms with Crippen molar-refractivity contribution >= 4 is 33.0 Å². The Bertz CT molecular complexity index is 1260. The highest BCUT2D eigenvalue weighted by Gasteiger charge is 2.28. The largest absolute Gasteiger partial charge is 0.389 e. The Morgan fingerprint density at radius 2 is 2.03 bits per heavy atom. The number of hydrogen-bond acceptors (Lipinski definition) is 4. The molecule has 1 N–H and O–H groups in total. The number of H-pyrrole nitrogens is 1. The van der Waals surface area contributed by atoms with Gasteiger partial charge in [-0.3, -0.25) is 4.79 Å². The maximum atomic E-state index is 14.0. The second kappa shape index (κ2) is 7.27. The van der Waals surface area contributed by atoms with Crippen LogP contribution in [-0.4, -0.2) is 25.9 Å². The van der Waals surface area contributed by atoms with Crippen molar-refractivity contribution in [1.82, 2.24) is 19.7 Å². The van der Waals surface area contributed by atoms with Gasteiger partial charge in [-0.15, -0.1) is 11.3 Å². The predicted octanol–water partition coefficient (Wildman–Crippen LogP) is 5.12. The lowest BCUT2D eigenvalue weighted by Crippen LogP contribution is -2.09. The number of halogens is 5. The van der Waals surface area contributed by atoms with Crippen LogP contribution >= 0.6 is 22.9 Å². The molecule has 3 aromatic heterocycles. The smallest absolute Gasteiger partial charge is 0.328 e. The first-order chi connectivity index (χ1) is 13.7. The monoisotopic (exact) mass is 442 g/mol. The van der Waals surface area contributed by atoms with E-state index in [9.17, 15) is 22.4 Å². The topological polar surface area (TPSA) is 63.6 Å². The average molecular weight is 443 g/mol. The summed E-state index contributed by atoms with van der Waals surface area (Å²) in [5.41, 5.74) is 0.408. The number of aromatic nitrogens is 4. The van der Waals surface area contributed by atoms with Crippen LogP contribution < -0.4 is 5.56 Å². The summed E-state index contributed by atoms with van der Waals surface area (Å²) < 4.78 is 53.7. The zero-order valence-corrected chi connectivity index (χ0v) is 16.0. The van der Waals surface area contributed by atoms with Gasteiger partial charge in [-0.1, -0.05) is 11.6 Å². The molecule has 3 heterocycles. The van der Waals surface area contributed by atoms with Gasteiger partial charge in [-0.05, 0) is 23.6 Å². The molecule has 0 radical (unpaired) electrons. The molecule has 0 bridgehead atoms. The Labute approximate surface area is 169 Å². The second-order valence-electron chi connectivity index (χ2n) is 6.17. The van der Waals surface area contributed by atoms with Crippen molar-refractivity contribution in [2.75, 3.05) is 0 Å². The van der Waals surface area contributed by atoms with E-state index < -0.39 is 24.8 Å². The first-order valence-electron chi connectivity index (χ1n) is 8.30. The lowest BCUT2D eigenvalue weighted by Gasteiger charge is -2.07. The van der Waals surface area contributed by atoms with Gasteiger partial charge in [0.05, 0.1) is 32.8 Å². The summed E-state index contributed by atoms with van der Waals surface area (Å²) in [6.45, 7) is 0. The summed E-state index contributed by atoms with van der Waals surface area (Å²) in [5.74, 6) is -0.568. The van der Waals surface area contributed by atoms with Crippen molar-refractivity contribution in [3.05, 3.63) is 62.9 Å². The van der Waals surface area contributed by atoms with Gasteiger partial charge in [-0.25, -0.2) is 14.1 Å². The number of nitrogens with one attached hydrogen (secondary N) is 1. The highest BCUT2D eigenvalue weighted by Crippen LogP contribution is 2.31. The molecule has 0 unspecified atom stereocenters. The summed E-state index contributed by atoms with van der Waals surface area (Å²) in [6.07, 6.45) is -4.47. The zero-order valence-electron chi connectivity index (χ0n) is 14.4. The van der Waals surface area contributed by atoms with Gasteiger partial charge in [-0.2, -0.15) is 18.3 Å². The first kappa shape index (κ1) is 19.6. The maximum absolute atomic E-state index is 14.0. The molecule has 4 aromatic rings. The minimum Gasteiger partial charge on any atom is -0.328 e. The van der Waals surface area contributed by atoms with Gasteiger partial charge in [0.15, 0.2) is 11.6 Å². The fourth-order valence-corrected chi connectivity index (χ4v) is 3.85. The van der Waals surface area contributed by atoms with E-state index in [-0.39, 0.29) is 27.9 Å².